The Bertz CT molecular complexity index is 693. The first kappa shape index (κ1) is 12.0. The minimum Gasteiger partial charge on any atom is -0.307 e. The van der Waals surface area contributed by atoms with Crippen molar-refractivity contribution < 1.29 is 4.79 Å². The Morgan fingerprint density at radius 2 is 1.95 bits per heavy atom. The van der Waals surface area contributed by atoms with Crippen LogP contribution in [0.3, 0.4) is 0 Å². The molecule has 1 aromatic carbocycles. The van der Waals surface area contributed by atoms with Crippen molar-refractivity contribution in [2.24, 2.45) is 0 Å². The van der Waals surface area contributed by atoms with Gasteiger partial charge in [-0.05, 0) is 34.7 Å². The number of aromatic nitrogens is 5. The van der Waals surface area contributed by atoms with Gasteiger partial charge >= 0.3 is 0 Å². The topological polar surface area (TPSA) is 96.5 Å². The van der Waals surface area contributed by atoms with Gasteiger partial charge in [-0.3, -0.25) is 4.79 Å². The molecule has 2 heterocycles. The third kappa shape index (κ3) is 2.51. The van der Waals surface area contributed by atoms with Crippen molar-refractivity contribution in [1.29, 1.82) is 0 Å². The Morgan fingerprint density at radius 1 is 1.10 bits per heavy atom. The number of tetrazole rings is 1. The normalized spacial score (nSPS) is 10.2. The first-order chi connectivity index (χ1) is 9.83. The number of H-pyrrole nitrogens is 1. The predicted molar refractivity (Wildman–Crippen MR) is 71.8 cm³/mol. The second-order valence-corrected chi connectivity index (χ2v) is 4.00. The van der Waals surface area contributed by atoms with Gasteiger partial charge in [0.1, 0.15) is 5.82 Å². The van der Waals surface area contributed by atoms with Crippen molar-refractivity contribution >= 4 is 11.7 Å². The highest BCUT2D eigenvalue weighted by molar-refractivity contribution is 6.03. The van der Waals surface area contributed by atoms with Crippen LogP contribution in [0.5, 0.6) is 0 Å². The molecule has 0 unspecified atom stereocenters. The summed E-state index contributed by atoms with van der Waals surface area (Å²) in [5, 5.41) is 16.1. The number of amides is 1. The summed E-state index contributed by atoms with van der Waals surface area (Å²) in [6.07, 6.45) is 1.59. The molecule has 20 heavy (non-hydrogen) atoms. The van der Waals surface area contributed by atoms with Gasteiger partial charge in [-0.2, -0.15) is 0 Å². The number of carbonyl (C=O) groups excluding carboxylic acids is 1. The summed E-state index contributed by atoms with van der Waals surface area (Å²) in [7, 11) is 0. The Hall–Kier alpha value is -3.09. The number of aromatic amines is 1. The fourth-order valence-electron chi connectivity index (χ4n) is 1.67. The number of pyridine rings is 1. The van der Waals surface area contributed by atoms with Gasteiger partial charge in [-0.15, -0.1) is 5.10 Å². The van der Waals surface area contributed by atoms with E-state index in [1.54, 1.807) is 30.5 Å². The van der Waals surface area contributed by atoms with Gasteiger partial charge in [-0.1, -0.05) is 18.2 Å². The first-order valence-electron chi connectivity index (χ1n) is 5.89. The van der Waals surface area contributed by atoms with E-state index in [0.717, 1.165) is 5.56 Å². The molecular formula is C13H10N6O. The minimum absolute atomic E-state index is 0.202. The number of anilines is 1. The Labute approximate surface area is 114 Å². The van der Waals surface area contributed by atoms with E-state index in [2.05, 4.69) is 30.9 Å². The molecule has 2 N–H and O–H groups in total. The molecule has 1 amide bonds. The standard InChI is InChI=1S/C13H10N6O/c20-13(9-4-2-1-3-5-9)15-11-7-6-10(8-14-11)12-16-18-19-17-12/h1-8H,(H,14,15,20)(H,16,17,18,19). The third-order valence-electron chi connectivity index (χ3n) is 2.66. The van der Waals surface area contributed by atoms with Gasteiger partial charge in [0.25, 0.3) is 5.91 Å². The zero-order valence-electron chi connectivity index (χ0n) is 10.3. The van der Waals surface area contributed by atoms with Crippen molar-refractivity contribution in [2.75, 3.05) is 5.32 Å². The zero-order chi connectivity index (χ0) is 13.8. The van der Waals surface area contributed by atoms with E-state index in [1.807, 2.05) is 18.2 Å². The maximum absolute atomic E-state index is 11.9. The molecule has 0 aliphatic carbocycles. The van der Waals surface area contributed by atoms with Crippen LogP contribution in [0.25, 0.3) is 11.4 Å². The van der Waals surface area contributed by atoms with Crippen molar-refractivity contribution in [3.8, 4) is 11.4 Å². The van der Waals surface area contributed by atoms with E-state index in [0.29, 0.717) is 17.2 Å². The van der Waals surface area contributed by atoms with Crippen LogP contribution in [0, 0.1) is 0 Å². The molecule has 7 nitrogen and oxygen atoms in total. The van der Waals surface area contributed by atoms with E-state index in [9.17, 15) is 4.79 Å². The van der Waals surface area contributed by atoms with Gasteiger partial charge in [-0.25, -0.2) is 10.1 Å². The van der Waals surface area contributed by atoms with E-state index in [4.69, 9.17) is 0 Å². The second kappa shape index (κ2) is 5.27. The Kier molecular flexibility index (Phi) is 3.15. The van der Waals surface area contributed by atoms with Crippen LogP contribution in [-0.4, -0.2) is 31.5 Å². The summed E-state index contributed by atoms with van der Waals surface area (Å²) in [4.78, 5) is 16.1. The largest absolute Gasteiger partial charge is 0.307 e. The lowest BCUT2D eigenvalue weighted by atomic mass is 10.2. The molecule has 0 radical (unpaired) electrons. The minimum atomic E-state index is -0.202. The van der Waals surface area contributed by atoms with E-state index in [1.165, 1.54) is 0 Å². The molecule has 3 aromatic rings. The first-order valence-corrected chi connectivity index (χ1v) is 5.89. The molecule has 7 heteroatoms. The SMILES string of the molecule is O=C(Nc1ccc(-c2nnn[nH]2)cn1)c1ccccc1. The fourth-order valence-corrected chi connectivity index (χ4v) is 1.67. The van der Waals surface area contributed by atoms with Crippen LogP contribution in [0.15, 0.2) is 48.7 Å². The number of hydrogen-bond acceptors (Lipinski definition) is 5. The monoisotopic (exact) mass is 266 g/mol. The summed E-state index contributed by atoms with van der Waals surface area (Å²) in [5.41, 5.74) is 1.32. The highest BCUT2D eigenvalue weighted by atomic mass is 16.1. The van der Waals surface area contributed by atoms with Crippen LogP contribution in [0.1, 0.15) is 10.4 Å². The quantitative estimate of drug-likeness (QED) is 0.749. The van der Waals surface area contributed by atoms with Gasteiger partial charge in [0, 0.05) is 17.3 Å². The molecule has 98 valence electrons. The lowest BCUT2D eigenvalue weighted by Crippen LogP contribution is -2.12. The maximum atomic E-state index is 11.9. The van der Waals surface area contributed by atoms with Crippen molar-refractivity contribution in [3.63, 3.8) is 0 Å². The number of benzene rings is 1. The highest BCUT2D eigenvalue weighted by Crippen LogP contribution is 2.14. The molecule has 0 aliphatic rings. The predicted octanol–water partition coefficient (Wildman–Crippen LogP) is 1.51. The second-order valence-electron chi connectivity index (χ2n) is 4.00. The molecule has 0 atom stereocenters. The molecule has 2 aromatic heterocycles. The summed E-state index contributed by atoms with van der Waals surface area (Å²) < 4.78 is 0. The van der Waals surface area contributed by atoms with Gasteiger partial charge < -0.3 is 5.32 Å². The third-order valence-corrected chi connectivity index (χ3v) is 2.66. The summed E-state index contributed by atoms with van der Waals surface area (Å²) >= 11 is 0. The number of rotatable bonds is 3. The van der Waals surface area contributed by atoms with Crippen molar-refractivity contribution in [2.45, 2.75) is 0 Å². The lowest BCUT2D eigenvalue weighted by Gasteiger charge is -2.04. The molecule has 3 rings (SSSR count). The number of hydrogen-bond donors (Lipinski definition) is 2. The maximum Gasteiger partial charge on any atom is 0.256 e. The van der Waals surface area contributed by atoms with Crippen LogP contribution < -0.4 is 5.32 Å². The van der Waals surface area contributed by atoms with Gasteiger partial charge in [0.05, 0.1) is 0 Å². The van der Waals surface area contributed by atoms with Gasteiger partial charge in [0.2, 0.25) is 0 Å². The highest BCUT2D eigenvalue weighted by Gasteiger charge is 2.07. The smallest absolute Gasteiger partial charge is 0.256 e. The van der Waals surface area contributed by atoms with Crippen LogP contribution >= 0.6 is 0 Å². The molecule has 0 saturated heterocycles. The Balaban J connectivity index is 1.74. The Morgan fingerprint density at radius 3 is 2.60 bits per heavy atom. The average Bonchev–Trinajstić information content (AvgIpc) is 3.03. The van der Waals surface area contributed by atoms with Gasteiger partial charge in [0.15, 0.2) is 5.82 Å². The van der Waals surface area contributed by atoms with E-state index in [-0.39, 0.29) is 5.91 Å². The molecule has 0 spiro atoms. The summed E-state index contributed by atoms with van der Waals surface area (Å²) in [6.45, 7) is 0. The van der Waals surface area contributed by atoms with Crippen LogP contribution in [0.4, 0.5) is 5.82 Å². The van der Waals surface area contributed by atoms with Crippen molar-refractivity contribution in [1.82, 2.24) is 25.6 Å². The molecule has 0 aliphatic heterocycles. The molecule has 0 fully saturated rings. The molecular weight excluding hydrogens is 256 g/mol. The zero-order valence-corrected chi connectivity index (χ0v) is 10.3. The fraction of sp³-hybridized carbons (Fsp3) is 0. The average molecular weight is 266 g/mol. The lowest BCUT2D eigenvalue weighted by molar-refractivity contribution is 0.102. The van der Waals surface area contributed by atoms with Crippen LogP contribution in [0.2, 0.25) is 0 Å². The van der Waals surface area contributed by atoms with Crippen LogP contribution in [-0.2, 0) is 0 Å². The number of nitrogens with zero attached hydrogens (tertiary/aromatic N) is 4. The summed E-state index contributed by atoms with van der Waals surface area (Å²) in [6, 6.07) is 12.4. The number of carbonyl (C=O) groups is 1. The number of nitrogens with one attached hydrogen (secondary N) is 2. The van der Waals surface area contributed by atoms with E-state index >= 15 is 0 Å². The molecule has 0 saturated carbocycles. The summed E-state index contributed by atoms with van der Waals surface area (Å²) in [5.74, 6) is 0.792. The van der Waals surface area contributed by atoms with E-state index < -0.39 is 0 Å². The molecule has 0 bridgehead atoms. The van der Waals surface area contributed by atoms with Crippen molar-refractivity contribution in [3.05, 3.63) is 54.2 Å².